The molecule has 36 heavy (non-hydrogen) atoms. The van der Waals surface area contributed by atoms with Gasteiger partial charge in [-0.1, -0.05) is 11.8 Å². The molecule has 0 radical (unpaired) electrons. The van der Waals surface area contributed by atoms with Crippen molar-refractivity contribution in [3.05, 3.63) is 59.4 Å². The van der Waals surface area contributed by atoms with Crippen LogP contribution in [0.1, 0.15) is 39.6 Å². The molecule has 1 unspecified atom stereocenters. The van der Waals surface area contributed by atoms with Crippen LogP contribution in [0.15, 0.2) is 47.6 Å². The molecule has 0 spiro atoms. The van der Waals surface area contributed by atoms with E-state index in [4.69, 9.17) is 18.9 Å². The van der Waals surface area contributed by atoms with Crippen molar-refractivity contribution in [3.63, 3.8) is 0 Å². The van der Waals surface area contributed by atoms with Crippen LogP contribution in [0.4, 0.5) is 5.69 Å². The predicted octanol–water partition coefficient (Wildman–Crippen LogP) is 3.27. The van der Waals surface area contributed by atoms with E-state index in [1.807, 2.05) is 6.92 Å². The first-order valence-electron chi connectivity index (χ1n) is 10.7. The number of benzene rings is 2. The Balaban J connectivity index is 1.64. The van der Waals surface area contributed by atoms with Gasteiger partial charge in [0.05, 0.1) is 38.2 Å². The van der Waals surface area contributed by atoms with Gasteiger partial charge in [-0.05, 0) is 49.4 Å². The second-order valence-electron chi connectivity index (χ2n) is 7.45. The van der Waals surface area contributed by atoms with Crippen LogP contribution in [0, 0.1) is 0 Å². The van der Waals surface area contributed by atoms with E-state index in [9.17, 15) is 14.4 Å². The largest absolute Gasteiger partial charge is 0.497 e. The molecule has 1 N–H and O–H groups in total. The number of rotatable bonds is 10. The molecule has 12 heteroatoms. The van der Waals surface area contributed by atoms with E-state index in [-0.39, 0.29) is 28.5 Å². The minimum Gasteiger partial charge on any atom is -0.497 e. The highest BCUT2D eigenvalue weighted by Crippen LogP contribution is 2.25. The van der Waals surface area contributed by atoms with Crippen LogP contribution in [0.25, 0.3) is 0 Å². The van der Waals surface area contributed by atoms with Crippen LogP contribution in [0.2, 0.25) is 0 Å². The van der Waals surface area contributed by atoms with E-state index < -0.39 is 18.0 Å². The summed E-state index contributed by atoms with van der Waals surface area (Å²) < 4.78 is 22.3. The highest BCUT2D eigenvalue weighted by Gasteiger charge is 2.19. The maximum Gasteiger partial charge on any atom is 0.337 e. The van der Waals surface area contributed by atoms with E-state index in [2.05, 4.69) is 15.5 Å². The Morgan fingerprint density at radius 1 is 0.944 bits per heavy atom. The van der Waals surface area contributed by atoms with Crippen molar-refractivity contribution in [3.8, 4) is 11.5 Å². The molecule has 11 nitrogen and oxygen atoms in total. The molecule has 1 heterocycles. The summed E-state index contributed by atoms with van der Waals surface area (Å²) in [6.07, 6.45) is -0.392. The molecule has 0 saturated carbocycles. The molecule has 0 aliphatic rings. The highest BCUT2D eigenvalue weighted by atomic mass is 32.2. The Morgan fingerprint density at radius 2 is 1.53 bits per heavy atom. The van der Waals surface area contributed by atoms with Gasteiger partial charge in [-0.25, -0.2) is 9.59 Å². The fraction of sp³-hybridized carbons (Fsp3) is 0.292. The number of anilines is 1. The van der Waals surface area contributed by atoms with Gasteiger partial charge in [0.25, 0.3) is 0 Å². The number of carbonyl (C=O) groups excluding carboxylic acids is 3. The lowest BCUT2D eigenvalue weighted by molar-refractivity contribution is -0.113. The molecule has 1 atom stereocenters. The minimum absolute atomic E-state index is 0.00962. The summed E-state index contributed by atoms with van der Waals surface area (Å²) in [5.74, 6) is 0.304. The van der Waals surface area contributed by atoms with Gasteiger partial charge in [0, 0.05) is 12.7 Å². The lowest BCUT2D eigenvalue weighted by Gasteiger charge is -2.14. The zero-order valence-electron chi connectivity index (χ0n) is 20.4. The fourth-order valence-electron chi connectivity index (χ4n) is 3.22. The Labute approximate surface area is 212 Å². The zero-order valence-corrected chi connectivity index (χ0v) is 21.3. The molecule has 190 valence electrons. The Hall–Kier alpha value is -4.06. The van der Waals surface area contributed by atoms with Crippen LogP contribution < -0.4 is 14.8 Å². The molecule has 0 saturated heterocycles. The van der Waals surface area contributed by atoms with Gasteiger partial charge in [-0.2, -0.15) is 0 Å². The van der Waals surface area contributed by atoms with Gasteiger partial charge in [0.1, 0.15) is 11.5 Å². The van der Waals surface area contributed by atoms with Gasteiger partial charge in [-0.15, -0.1) is 10.2 Å². The summed E-state index contributed by atoms with van der Waals surface area (Å²) >= 11 is 1.18. The first-order chi connectivity index (χ1) is 17.2. The molecule has 0 aliphatic carbocycles. The number of nitrogens with zero attached hydrogens (tertiary/aromatic N) is 3. The number of carbonyl (C=O) groups is 3. The van der Waals surface area contributed by atoms with Crippen LogP contribution in [0.5, 0.6) is 11.5 Å². The molecule has 1 aromatic heterocycles. The van der Waals surface area contributed by atoms with Crippen molar-refractivity contribution in [1.29, 1.82) is 0 Å². The van der Waals surface area contributed by atoms with E-state index in [1.54, 1.807) is 43.0 Å². The van der Waals surface area contributed by atoms with Crippen molar-refractivity contribution >= 4 is 35.3 Å². The minimum atomic E-state index is -0.650. The molecule has 3 rings (SSSR count). The summed E-state index contributed by atoms with van der Waals surface area (Å²) in [6, 6.07) is 11.4. The maximum absolute atomic E-state index is 12.6. The average molecular weight is 515 g/mol. The average Bonchev–Trinajstić information content (AvgIpc) is 3.26. The second-order valence-corrected chi connectivity index (χ2v) is 8.40. The number of esters is 2. The lowest BCUT2D eigenvalue weighted by atomic mass is 10.1. The van der Waals surface area contributed by atoms with E-state index in [0.717, 1.165) is 5.75 Å². The fourth-order valence-corrected chi connectivity index (χ4v) is 3.93. The summed E-state index contributed by atoms with van der Waals surface area (Å²) in [4.78, 5) is 36.5. The number of ether oxygens (including phenoxy) is 4. The first kappa shape index (κ1) is 26.5. The SMILES string of the molecule is COC(=O)c1cc(NC(=O)CSc2nnc(C(C)Oc3ccc(OC)cc3)n2C)cc(C(=O)OC)c1. The monoisotopic (exact) mass is 514 g/mol. The molecular formula is C24H26N4O7S. The third kappa shape index (κ3) is 6.54. The molecule has 2 aromatic carbocycles. The molecule has 3 aromatic rings. The van der Waals surface area contributed by atoms with Crippen molar-refractivity contribution in [2.24, 2.45) is 7.05 Å². The molecule has 1 amide bonds. The van der Waals surface area contributed by atoms with Crippen molar-refractivity contribution in [1.82, 2.24) is 14.8 Å². The number of thioether (sulfide) groups is 1. The number of aromatic nitrogens is 3. The Bertz CT molecular complexity index is 1210. The topological polar surface area (TPSA) is 131 Å². The van der Waals surface area contributed by atoms with Crippen LogP contribution in [0.3, 0.4) is 0 Å². The normalized spacial score (nSPS) is 11.4. The third-order valence-corrected chi connectivity index (χ3v) is 6.02. The van der Waals surface area contributed by atoms with Gasteiger partial charge in [0.15, 0.2) is 17.1 Å². The summed E-state index contributed by atoms with van der Waals surface area (Å²) in [5.41, 5.74) is 0.461. The Morgan fingerprint density at radius 3 is 2.08 bits per heavy atom. The van der Waals surface area contributed by atoms with Crippen molar-refractivity contribution in [2.75, 3.05) is 32.4 Å². The van der Waals surface area contributed by atoms with Gasteiger partial charge in [0.2, 0.25) is 5.91 Å². The molecule has 0 bridgehead atoms. The number of hydrogen-bond donors (Lipinski definition) is 1. The maximum atomic E-state index is 12.6. The van der Waals surface area contributed by atoms with Crippen LogP contribution in [-0.2, 0) is 21.3 Å². The number of nitrogens with one attached hydrogen (secondary N) is 1. The second kappa shape index (κ2) is 12.1. The van der Waals surface area contributed by atoms with E-state index in [0.29, 0.717) is 16.7 Å². The standard InChI is InChI=1S/C24H26N4O7S/c1-14(35-19-8-6-18(32-3)7-9-19)21-26-27-24(28(21)2)36-13-20(29)25-17-11-15(22(30)33-4)10-16(12-17)23(31)34-5/h6-12,14H,13H2,1-5H3,(H,25,29). The lowest BCUT2D eigenvalue weighted by Crippen LogP contribution is -2.16. The molecular weight excluding hydrogens is 488 g/mol. The van der Waals surface area contributed by atoms with Crippen molar-refractivity contribution in [2.45, 2.75) is 18.2 Å². The van der Waals surface area contributed by atoms with E-state index >= 15 is 0 Å². The quantitative estimate of drug-likeness (QED) is 0.318. The van der Waals surface area contributed by atoms with Crippen molar-refractivity contribution < 1.29 is 33.3 Å². The summed E-state index contributed by atoms with van der Waals surface area (Å²) in [7, 11) is 5.82. The third-order valence-electron chi connectivity index (χ3n) is 5.00. The number of hydrogen-bond acceptors (Lipinski definition) is 10. The summed E-state index contributed by atoms with van der Waals surface area (Å²) in [5, 5.41) is 11.5. The highest BCUT2D eigenvalue weighted by molar-refractivity contribution is 7.99. The molecule has 0 aliphatic heterocycles. The summed E-state index contributed by atoms with van der Waals surface area (Å²) in [6.45, 7) is 1.85. The number of methoxy groups -OCH3 is 3. The molecule has 0 fully saturated rings. The Kier molecular flexibility index (Phi) is 8.90. The van der Waals surface area contributed by atoms with Crippen LogP contribution in [-0.4, -0.2) is 59.7 Å². The van der Waals surface area contributed by atoms with Gasteiger partial charge >= 0.3 is 11.9 Å². The number of amides is 1. The smallest absolute Gasteiger partial charge is 0.337 e. The van der Waals surface area contributed by atoms with Gasteiger partial charge < -0.3 is 28.8 Å². The van der Waals surface area contributed by atoms with Gasteiger partial charge in [-0.3, -0.25) is 4.79 Å². The van der Waals surface area contributed by atoms with E-state index in [1.165, 1.54) is 44.2 Å². The van der Waals surface area contributed by atoms with Crippen LogP contribution >= 0.6 is 11.8 Å². The predicted molar refractivity (Wildman–Crippen MR) is 132 cm³/mol. The first-order valence-corrected chi connectivity index (χ1v) is 11.7. The zero-order chi connectivity index (χ0) is 26.2.